The number of carbonyl (C=O) groups excluding carboxylic acids is 2. The first-order valence-electron chi connectivity index (χ1n) is 4.64. The van der Waals surface area contributed by atoms with Crippen LogP contribution in [-0.2, 0) is 9.53 Å². The Labute approximate surface area is 110 Å². The van der Waals surface area contributed by atoms with Crippen LogP contribution in [0.25, 0.3) is 10.9 Å². The lowest BCUT2D eigenvalue weighted by atomic mass is 10.1. The largest absolute Gasteiger partial charge is 0.463 e. The molecular formula is C11H7BrClNO3. The van der Waals surface area contributed by atoms with Crippen molar-refractivity contribution in [2.75, 3.05) is 7.11 Å². The van der Waals surface area contributed by atoms with Crippen molar-refractivity contribution in [1.29, 1.82) is 0 Å². The quantitative estimate of drug-likeness (QED) is 0.526. The number of ketones is 1. The summed E-state index contributed by atoms with van der Waals surface area (Å²) >= 11 is 9.21. The van der Waals surface area contributed by atoms with Crippen LogP contribution in [0.4, 0.5) is 0 Å². The van der Waals surface area contributed by atoms with Crippen molar-refractivity contribution >= 4 is 50.2 Å². The molecule has 2 aromatic rings. The first kappa shape index (κ1) is 12.1. The lowest BCUT2D eigenvalue weighted by Gasteiger charge is -1.98. The Balaban J connectivity index is 2.67. The molecule has 2 rings (SSSR count). The van der Waals surface area contributed by atoms with Gasteiger partial charge in [-0.25, -0.2) is 4.79 Å². The van der Waals surface area contributed by atoms with E-state index in [1.807, 2.05) is 6.07 Å². The third kappa shape index (κ3) is 2.08. The van der Waals surface area contributed by atoms with Gasteiger partial charge in [0, 0.05) is 15.4 Å². The number of H-pyrrole nitrogens is 1. The summed E-state index contributed by atoms with van der Waals surface area (Å²) in [5.41, 5.74) is 0.820. The van der Waals surface area contributed by atoms with E-state index in [1.165, 1.54) is 0 Å². The van der Waals surface area contributed by atoms with E-state index in [0.717, 1.165) is 11.6 Å². The number of Topliss-reactive ketones (excluding diaryl/α,β-unsaturated/α-hetero) is 1. The summed E-state index contributed by atoms with van der Waals surface area (Å²) in [6.07, 6.45) is 0. The monoisotopic (exact) mass is 315 g/mol. The number of aromatic amines is 1. The third-order valence-corrected chi connectivity index (χ3v) is 3.09. The van der Waals surface area contributed by atoms with E-state index in [0.29, 0.717) is 10.9 Å². The van der Waals surface area contributed by atoms with Crippen LogP contribution in [0.1, 0.15) is 10.4 Å². The van der Waals surface area contributed by atoms with Crippen LogP contribution in [0, 0.1) is 0 Å². The van der Waals surface area contributed by atoms with Gasteiger partial charge in [0.05, 0.1) is 12.7 Å². The summed E-state index contributed by atoms with van der Waals surface area (Å²) in [6.45, 7) is 0. The molecule has 1 aromatic heterocycles. The van der Waals surface area contributed by atoms with Gasteiger partial charge in [0.25, 0.3) is 5.78 Å². The molecule has 17 heavy (non-hydrogen) atoms. The predicted molar refractivity (Wildman–Crippen MR) is 67.4 cm³/mol. The highest BCUT2D eigenvalue weighted by Crippen LogP contribution is 2.29. The minimum absolute atomic E-state index is 0.133. The second-order valence-corrected chi connectivity index (χ2v) is 4.62. The number of esters is 1. The molecule has 0 aliphatic heterocycles. The predicted octanol–water partition coefficient (Wildman–Crippen LogP) is 2.94. The smallest absolute Gasteiger partial charge is 0.379 e. The Hall–Kier alpha value is -1.33. The number of hydrogen-bond acceptors (Lipinski definition) is 3. The van der Waals surface area contributed by atoms with Crippen molar-refractivity contribution in [3.63, 3.8) is 0 Å². The number of nitrogens with one attached hydrogen (secondary N) is 1. The highest BCUT2D eigenvalue weighted by Gasteiger charge is 2.24. The number of methoxy groups -OCH3 is 1. The van der Waals surface area contributed by atoms with Crippen molar-refractivity contribution < 1.29 is 14.3 Å². The van der Waals surface area contributed by atoms with Gasteiger partial charge in [-0.2, -0.15) is 0 Å². The average molecular weight is 317 g/mol. The molecule has 0 radical (unpaired) electrons. The lowest BCUT2D eigenvalue weighted by molar-refractivity contribution is -0.135. The van der Waals surface area contributed by atoms with Crippen molar-refractivity contribution in [3.05, 3.63) is 33.4 Å². The van der Waals surface area contributed by atoms with Crippen molar-refractivity contribution in [2.45, 2.75) is 0 Å². The summed E-state index contributed by atoms with van der Waals surface area (Å²) in [4.78, 5) is 25.9. The SMILES string of the molecule is COC(=O)C(=O)c1c(Cl)[nH]c2ccc(Br)cc12. The first-order chi connectivity index (χ1) is 8.04. The topological polar surface area (TPSA) is 59.2 Å². The van der Waals surface area contributed by atoms with E-state index in [-0.39, 0.29) is 10.7 Å². The number of carbonyl (C=O) groups is 2. The Bertz CT molecular complexity index is 620. The van der Waals surface area contributed by atoms with E-state index in [9.17, 15) is 9.59 Å². The minimum atomic E-state index is -0.937. The normalized spacial score (nSPS) is 10.5. The molecule has 0 amide bonds. The van der Waals surface area contributed by atoms with Gasteiger partial charge in [-0.3, -0.25) is 4.79 Å². The molecule has 4 nitrogen and oxygen atoms in total. The lowest BCUT2D eigenvalue weighted by Crippen LogP contribution is -2.15. The number of fused-ring (bicyclic) bond motifs is 1. The van der Waals surface area contributed by atoms with Gasteiger partial charge in [0.2, 0.25) is 0 Å². The Morgan fingerprint density at radius 3 is 2.76 bits per heavy atom. The summed E-state index contributed by atoms with van der Waals surface area (Å²) in [5, 5.41) is 0.716. The van der Waals surface area contributed by atoms with Gasteiger partial charge in [0.1, 0.15) is 5.15 Å². The van der Waals surface area contributed by atoms with Crippen LogP contribution in [0.15, 0.2) is 22.7 Å². The van der Waals surface area contributed by atoms with Crippen LogP contribution in [-0.4, -0.2) is 23.8 Å². The van der Waals surface area contributed by atoms with Crippen LogP contribution in [0.2, 0.25) is 5.15 Å². The Morgan fingerprint density at radius 2 is 2.12 bits per heavy atom. The molecule has 1 aromatic carbocycles. The standard InChI is InChI=1S/C11H7BrClNO3/c1-17-11(16)9(15)8-6-4-5(12)2-3-7(6)14-10(8)13/h2-4,14H,1H3. The molecule has 0 fully saturated rings. The molecule has 1 heterocycles. The van der Waals surface area contributed by atoms with E-state index < -0.39 is 11.8 Å². The molecule has 0 bridgehead atoms. The maximum atomic E-state index is 11.8. The molecule has 0 spiro atoms. The van der Waals surface area contributed by atoms with Crippen molar-refractivity contribution in [2.24, 2.45) is 0 Å². The molecule has 6 heteroatoms. The highest BCUT2D eigenvalue weighted by molar-refractivity contribution is 9.10. The fourth-order valence-electron chi connectivity index (χ4n) is 1.55. The van der Waals surface area contributed by atoms with Crippen molar-refractivity contribution in [3.8, 4) is 0 Å². The van der Waals surface area contributed by atoms with Gasteiger partial charge < -0.3 is 9.72 Å². The number of aromatic nitrogens is 1. The summed E-state index contributed by atoms with van der Waals surface area (Å²) in [5.74, 6) is -1.70. The molecule has 0 atom stereocenters. The summed E-state index contributed by atoms with van der Waals surface area (Å²) in [7, 11) is 1.15. The van der Waals surface area contributed by atoms with Crippen LogP contribution in [0.5, 0.6) is 0 Å². The molecule has 1 N–H and O–H groups in total. The van der Waals surface area contributed by atoms with E-state index in [4.69, 9.17) is 11.6 Å². The van der Waals surface area contributed by atoms with E-state index >= 15 is 0 Å². The van der Waals surface area contributed by atoms with Gasteiger partial charge in [-0.1, -0.05) is 27.5 Å². The zero-order valence-corrected chi connectivity index (χ0v) is 11.1. The van der Waals surface area contributed by atoms with Crippen LogP contribution < -0.4 is 0 Å². The molecule has 88 valence electrons. The number of halogens is 2. The maximum absolute atomic E-state index is 11.8. The fraction of sp³-hybridized carbons (Fsp3) is 0.0909. The molecule has 0 saturated heterocycles. The van der Waals surface area contributed by atoms with Crippen LogP contribution in [0.3, 0.4) is 0 Å². The zero-order valence-electron chi connectivity index (χ0n) is 8.71. The van der Waals surface area contributed by atoms with Crippen LogP contribution >= 0.6 is 27.5 Å². The average Bonchev–Trinajstić information content (AvgIpc) is 2.62. The first-order valence-corrected chi connectivity index (χ1v) is 5.81. The zero-order chi connectivity index (χ0) is 12.6. The van der Waals surface area contributed by atoms with Crippen molar-refractivity contribution in [1.82, 2.24) is 4.98 Å². The number of benzene rings is 1. The van der Waals surface area contributed by atoms with E-state index in [1.54, 1.807) is 12.1 Å². The minimum Gasteiger partial charge on any atom is -0.463 e. The van der Waals surface area contributed by atoms with E-state index in [2.05, 4.69) is 25.7 Å². The highest BCUT2D eigenvalue weighted by atomic mass is 79.9. The molecule has 0 saturated carbocycles. The van der Waals surface area contributed by atoms with Gasteiger partial charge in [0.15, 0.2) is 0 Å². The molecular weight excluding hydrogens is 309 g/mol. The molecule has 0 aliphatic rings. The Morgan fingerprint density at radius 1 is 1.41 bits per heavy atom. The second kappa shape index (κ2) is 4.50. The second-order valence-electron chi connectivity index (χ2n) is 3.32. The molecule has 0 unspecified atom stereocenters. The Kier molecular flexibility index (Phi) is 3.22. The number of rotatable bonds is 2. The number of ether oxygens (including phenoxy) is 1. The van der Waals surface area contributed by atoms with Gasteiger partial charge >= 0.3 is 5.97 Å². The maximum Gasteiger partial charge on any atom is 0.379 e. The van der Waals surface area contributed by atoms with Gasteiger partial charge in [-0.15, -0.1) is 0 Å². The molecule has 0 aliphatic carbocycles. The number of hydrogen-bond donors (Lipinski definition) is 1. The third-order valence-electron chi connectivity index (χ3n) is 2.31. The fourth-order valence-corrected chi connectivity index (χ4v) is 2.20. The van der Waals surface area contributed by atoms with Gasteiger partial charge in [-0.05, 0) is 18.2 Å². The summed E-state index contributed by atoms with van der Waals surface area (Å²) in [6, 6.07) is 5.29. The summed E-state index contributed by atoms with van der Waals surface area (Å²) < 4.78 is 5.19.